The van der Waals surface area contributed by atoms with Crippen LogP contribution in [0.1, 0.15) is 110 Å². The summed E-state index contributed by atoms with van der Waals surface area (Å²) in [4.78, 5) is 21.5. The summed E-state index contributed by atoms with van der Waals surface area (Å²) in [5.74, 6) is -1.57. The van der Waals surface area contributed by atoms with Gasteiger partial charge in [-0.25, -0.2) is 9.59 Å². The molecular formula is C22H42O5. The fourth-order valence-corrected chi connectivity index (χ4v) is 3.10. The molecule has 0 bridgehead atoms. The van der Waals surface area contributed by atoms with Gasteiger partial charge in [0.1, 0.15) is 13.2 Å². The number of unbranched alkanes of at least 4 members (excludes halogenated alkanes) is 15. The second-order valence-electron chi connectivity index (χ2n) is 7.41. The van der Waals surface area contributed by atoms with Crippen LogP contribution in [0.3, 0.4) is 0 Å². The average molecular weight is 387 g/mol. The zero-order chi connectivity index (χ0) is 20.0. The Hall–Kier alpha value is -1.10. The Kier molecular flexibility index (Phi) is 20.3. The number of esters is 1. The third-order valence-electron chi connectivity index (χ3n) is 4.71. The Morgan fingerprint density at radius 3 is 1.44 bits per heavy atom. The van der Waals surface area contributed by atoms with Gasteiger partial charge in [-0.05, 0) is 6.42 Å². The molecule has 0 amide bonds. The molecule has 0 aromatic carbocycles. The van der Waals surface area contributed by atoms with E-state index >= 15 is 0 Å². The second kappa shape index (κ2) is 21.2. The molecule has 1 N–H and O–H groups in total. The summed E-state index contributed by atoms with van der Waals surface area (Å²) in [5.41, 5.74) is 0. The van der Waals surface area contributed by atoms with Gasteiger partial charge in [0, 0.05) is 0 Å². The Morgan fingerprint density at radius 2 is 1.04 bits per heavy atom. The molecule has 160 valence electrons. The monoisotopic (exact) mass is 386 g/mol. The summed E-state index contributed by atoms with van der Waals surface area (Å²) < 4.78 is 9.65. The number of aliphatic carboxylic acids is 1. The minimum Gasteiger partial charge on any atom is -0.480 e. The van der Waals surface area contributed by atoms with Crippen LogP contribution in [0.5, 0.6) is 0 Å². The van der Waals surface area contributed by atoms with Crippen LogP contribution in [0.4, 0.5) is 0 Å². The molecule has 0 atom stereocenters. The van der Waals surface area contributed by atoms with Gasteiger partial charge in [0.15, 0.2) is 0 Å². The van der Waals surface area contributed by atoms with E-state index in [1.807, 2.05) is 0 Å². The number of carboxylic acid groups (broad SMARTS) is 1. The maximum absolute atomic E-state index is 11.2. The van der Waals surface area contributed by atoms with Crippen LogP contribution < -0.4 is 0 Å². The van der Waals surface area contributed by atoms with Crippen molar-refractivity contribution in [3.8, 4) is 0 Å². The molecule has 0 rings (SSSR count). The predicted molar refractivity (Wildman–Crippen MR) is 109 cm³/mol. The van der Waals surface area contributed by atoms with E-state index in [0.717, 1.165) is 12.8 Å². The van der Waals surface area contributed by atoms with Crippen LogP contribution in [0, 0.1) is 0 Å². The molecule has 27 heavy (non-hydrogen) atoms. The largest absolute Gasteiger partial charge is 0.480 e. The first-order valence-electron chi connectivity index (χ1n) is 11.1. The number of carboxylic acids is 1. The van der Waals surface area contributed by atoms with Gasteiger partial charge in [-0.2, -0.15) is 0 Å². The van der Waals surface area contributed by atoms with Crippen molar-refractivity contribution in [2.24, 2.45) is 0 Å². The minimum atomic E-state index is -1.08. The molecule has 0 aliphatic carbocycles. The summed E-state index contributed by atoms with van der Waals surface area (Å²) in [6.45, 7) is 1.91. The third-order valence-corrected chi connectivity index (χ3v) is 4.71. The van der Waals surface area contributed by atoms with Crippen LogP contribution in [-0.4, -0.2) is 36.9 Å². The molecule has 0 heterocycles. The highest BCUT2D eigenvalue weighted by Gasteiger charge is 2.04. The zero-order valence-electron chi connectivity index (χ0n) is 17.5. The Balaban J connectivity index is 3.10. The number of carbonyl (C=O) groups is 2. The highest BCUT2D eigenvalue weighted by Crippen LogP contribution is 2.13. The van der Waals surface area contributed by atoms with Gasteiger partial charge in [-0.3, -0.25) is 0 Å². The minimum absolute atomic E-state index is 0.287. The molecule has 0 aliphatic heterocycles. The predicted octanol–water partition coefficient (Wildman–Crippen LogP) is 5.89. The number of rotatable bonds is 21. The van der Waals surface area contributed by atoms with Crippen molar-refractivity contribution in [3.05, 3.63) is 0 Å². The van der Waals surface area contributed by atoms with Crippen LogP contribution in [0.2, 0.25) is 0 Å². The van der Waals surface area contributed by atoms with E-state index in [9.17, 15) is 9.59 Å². The van der Waals surface area contributed by atoms with Crippen molar-refractivity contribution in [1.82, 2.24) is 0 Å². The SMILES string of the molecule is CCCCCCCCCCCCCCCCCCOC(=O)COCC(=O)O. The first-order valence-corrected chi connectivity index (χ1v) is 11.1. The van der Waals surface area contributed by atoms with Gasteiger partial charge in [0.25, 0.3) is 0 Å². The maximum Gasteiger partial charge on any atom is 0.332 e. The maximum atomic E-state index is 11.2. The van der Waals surface area contributed by atoms with Crippen LogP contribution in [0.25, 0.3) is 0 Å². The lowest BCUT2D eigenvalue weighted by atomic mass is 10.0. The highest BCUT2D eigenvalue weighted by molar-refractivity contribution is 5.72. The van der Waals surface area contributed by atoms with E-state index in [1.165, 1.54) is 89.9 Å². The van der Waals surface area contributed by atoms with E-state index in [-0.39, 0.29) is 6.61 Å². The highest BCUT2D eigenvalue weighted by atomic mass is 16.6. The lowest BCUT2D eigenvalue weighted by molar-refractivity contribution is -0.152. The molecule has 0 aromatic heterocycles. The zero-order valence-corrected chi connectivity index (χ0v) is 17.5. The van der Waals surface area contributed by atoms with E-state index < -0.39 is 18.5 Å². The molecule has 0 unspecified atom stereocenters. The third kappa shape index (κ3) is 22.9. The van der Waals surface area contributed by atoms with E-state index in [4.69, 9.17) is 9.84 Å². The Morgan fingerprint density at radius 1 is 0.630 bits per heavy atom. The lowest BCUT2D eigenvalue weighted by Crippen LogP contribution is -2.16. The first-order chi connectivity index (χ1) is 13.2. The fraction of sp³-hybridized carbons (Fsp3) is 0.909. The van der Waals surface area contributed by atoms with Gasteiger partial charge in [0.2, 0.25) is 0 Å². The van der Waals surface area contributed by atoms with Crippen molar-refractivity contribution >= 4 is 11.9 Å². The molecule has 0 saturated carbocycles. The van der Waals surface area contributed by atoms with Gasteiger partial charge < -0.3 is 14.6 Å². The number of ether oxygens (including phenoxy) is 2. The number of carbonyl (C=O) groups excluding carboxylic acids is 1. The molecular weight excluding hydrogens is 344 g/mol. The van der Waals surface area contributed by atoms with Crippen LogP contribution in [-0.2, 0) is 19.1 Å². The molecule has 5 nitrogen and oxygen atoms in total. The van der Waals surface area contributed by atoms with Crippen molar-refractivity contribution in [1.29, 1.82) is 0 Å². The summed E-state index contributed by atoms with van der Waals surface area (Å²) >= 11 is 0. The lowest BCUT2D eigenvalue weighted by Gasteiger charge is -2.05. The summed E-state index contributed by atoms with van der Waals surface area (Å²) in [6, 6.07) is 0. The molecule has 0 fully saturated rings. The number of hydrogen-bond acceptors (Lipinski definition) is 4. The Bertz CT molecular complexity index is 344. The molecule has 0 aromatic rings. The van der Waals surface area contributed by atoms with Crippen molar-refractivity contribution in [2.45, 2.75) is 110 Å². The van der Waals surface area contributed by atoms with Gasteiger partial charge >= 0.3 is 11.9 Å². The molecule has 0 radical (unpaired) electrons. The molecule has 5 heteroatoms. The fourth-order valence-electron chi connectivity index (χ4n) is 3.10. The summed E-state index contributed by atoms with van der Waals surface area (Å²) in [5, 5.41) is 8.38. The quantitative estimate of drug-likeness (QED) is 0.197. The summed E-state index contributed by atoms with van der Waals surface area (Å²) in [7, 11) is 0. The van der Waals surface area contributed by atoms with E-state index in [1.54, 1.807) is 0 Å². The smallest absolute Gasteiger partial charge is 0.332 e. The van der Waals surface area contributed by atoms with Gasteiger partial charge in [0.05, 0.1) is 6.61 Å². The normalized spacial score (nSPS) is 10.9. The summed E-state index contributed by atoms with van der Waals surface area (Å²) in [6.07, 6.45) is 21.0. The van der Waals surface area contributed by atoms with Crippen molar-refractivity contribution < 1.29 is 24.2 Å². The van der Waals surface area contributed by atoms with Crippen molar-refractivity contribution in [3.63, 3.8) is 0 Å². The van der Waals surface area contributed by atoms with Gasteiger partial charge in [-0.15, -0.1) is 0 Å². The molecule has 0 spiro atoms. The molecule has 0 saturated heterocycles. The molecule has 0 aliphatic rings. The van der Waals surface area contributed by atoms with E-state index in [2.05, 4.69) is 11.7 Å². The topological polar surface area (TPSA) is 72.8 Å². The van der Waals surface area contributed by atoms with Crippen LogP contribution >= 0.6 is 0 Å². The second-order valence-corrected chi connectivity index (χ2v) is 7.41. The average Bonchev–Trinajstić information content (AvgIpc) is 2.64. The Labute approximate surface area is 166 Å². The van der Waals surface area contributed by atoms with Crippen molar-refractivity contribution in [2.75, 3.05) is 19.8 Å². The number of hydrogen-bond donors (Lipinski definition) is 1. The standard InChI is InChI=1S/C22H42O5/c1-2-3-4-5-6-7-8-9-10-11-12-13-14-15-16-17-18-27-22(25)20-26-19-21(23)24/h2-20H2,1H3,(H,23,24). The van der Waals surface area contributed by atoms with Gasteiger partial charge in [-0.1, -0.05) is 103 Å². The first kappa shape index (κ1) is 25.9. The van der Waals surface area contributed by atoms with E-state index in [0.29, 0.717) is 6.61 Å². The van der Waals surface area contributed by atoms with Crippen LogP contribution in [0.15, 0.2) is 0 Å².